The van der Waals surface area contributed by atoms with Gasteiger partial charge in [-0.05, 0) is 17.5 Å². The zero-order valence-corrected chi connectivity index (χ0v) is 13.8. The van der Waals surface area contributed by atoms with Crippen LogP contribution in [0, 0.1) is 5.82 Å². The molecule has 1 amide bonds. The van der Waals surface area contributed by atoms with Crippen LogP contribution < -0.4 is 0 Å². The third-order valence-electron chi connectivity index (χ3n) is 4.52. The molecular weight excluding hydrogens is 305 g/mol. The Kier molecular flexibility index (Phi) is 5.26. The van der Waals surface area contributed by atoms with E-state index in [-0.39, 0.29) is 17.6 Å². The quantitative estimate of drug-likeness (QED) is 0.852. The van der Waals surface area contributed by atoms with Gasteiger partial charge in [-0.1, -0.05) is 55.5 Å². The summed E-state index contributed by atoms with van der Waals surface area (Å²) in [6.07, 6.45) is 0.0597. The summed E-state index contributed by atoms with van der Waals surface area (Å²) in [5, 5.41) is 0. The van der Waals surface area contributed by atoms with Gasteiger partial charge in [0.05, 0.1) is 13.2 Å². The molecule has 1 fully saturated rings. The van der Waals surface area contributed by atoms with Gasteiger partial charge in [0, 0.05) is 18.5 Å². The van der Waals surface area contributed by atoms with E-state index in [1.54, 1.807) is 23.1 Å². The van der Waals surface area contributed by atoms with Gasteiger partial charge < -0.3 is 9.64 Å². The van der Waals surface area contributed by atoms with Crippen molar-refractivity contribution in [1.29, 1.82) is 0 Å². The van der Waals surface area contributed by atoms with Gasteiger partial charge >= 0.3 is 0 Å². The van der Waals surface area contributed by atoms with Crippen LogP contribution in [0.5, 0.6) is 0 Å². The first-order valence-electron chi connectivity index (χ1n) is 8.34. The lowest BCUT2D eigenvalue weighted by Crippen LogP contribution is -2.42. The van der Waals surface area contributed by atoms with Crippen molar-refractivity contribution in [2.75, 3.05) is 19.7 Å². The fourth-order valence-corrected chi connectivity index (χ4v) is 3.09. The minimum absolute atomic E-state index is 0.0935. The summed E-state index contributed by atoms with van der Waals surface area (Å²) in [6, 6.07) is 16.6. The monoisotopic (exact) mass is 327 g/mol. The maximum atomic E-state index is 14.0. The van der Waals surface area contributed by atoms with Crippen molar-refractivity contribution in [3.8, 4) is 0 Å². The Morgan fingerprint density at radius 2 is 1.92 bits per heavy atom. The molecule has 0 aromatic heterocycles. The molecule has 1 saturated heterocycles. The van der Waals surface area contributed by atoms with E-state index in [1.807, 2.05) is 30.3 Å². The molecule has 1 aliphatic rings. The standard InChI is InChI=1S/C20H22FNO2/c1-15(16-7-3-2-4-8-16)13-20(23)22-11-12-24-19(14-22)17-9-5-6-10-18(17)21/h2-10,15,19H,11-14H2,1H3. The van der Waals surface area contributed by atoms with Gasteiger partial charge in [0.25, 0.3) is 0 Å². The van der Waals surface area contributed by atoms with Crippen molar-refractivity contribution in [2.24, 2.45) is 0 Å². The van der Waals surface area contributed by atoms with Crippen molar-refractivity contribution >= 4 is 5.91 Å². The van der Waals surface area contributed by atoms with Crippen LogP contribution >= 0.6 is 0 Å². The van der Waals surface area contributed by atoms with Crippen LogP contribution in [0.15, 0.2) is 54.6 Å². The van der Waals surface area contributed by atoms with Crippen LogP contribution in [0.3, 0.4) is 0 Å². The maximum Gasteiger partial charge on any atom is 0.223 e. The highest BCUT2D eigenvalue weighted by atomic mass is 19.1. The predicted molar refractivity (Wildman–Crippen MR) is 91.1 cm³/mol. The Morgan fingerprint density at radius 1 is 1.21 bits per heavy atom. The maximum absolute atomic E-state index is 14.0. The molecule has 2 unspecified atom stereocenters. The van der Waals surface area contributed by atoms with Crippen molar-refractivity contribution in [1.82, 2.24) is 4.90 Å². The zero-order chi connectivity index (χ0) is 16.9. The number of hydrogen-bond donors (Lipinski definition) is 0. The second-order valence-electron chi connectivity index (χ2n) is 6.24. The van der Waals surface area contributed by atoms with Crippen molar-refractivity contribution < 1.29 is 13.9 Å². The Balaban J connectivity index is 1.64. The average Bonchev–Trinajstić information content (AvgIpc) is 2.63. The van der Waals surface area contributed by atoms with E-state index < -0.39 is 6.10 Å². The zero-order valence-electron chi connectivity index (χ0n) is 13.8. The SMILES string of the molecule is CC(CC(=O)N1CCOC(c2ccccc2F)C1)c1ccccc1. The number of carbonyl (C=O) groups is 1. The molecule has 24 heavy (non-hydrogen) atoms. The Hall–Kier alpha value is -2.20. The molecule has 0 spiro atoms. The third-order valence-corrected chi connectivity index (χ3v) is 4.52. The number of amides is 1. The molecule has 2 atom stereocenters. The number of carbonyl (C=O) groups excluding carboxylic acids is 1. The number of morpholine rings is 1. The molecule has 0 N–H and O–H groups in total. The first-order valence-corrected chi connectivity index (χ1v) is 8.34. The highest BCUT2D eigenvalue weighted by Gasteiger charge is 2.27. The molecule has 0 bridgehead atoms. The first kappa shape index (κ1) is 16.7. The molecule has 2 aromatic rings. The number of halogens is 1. The normalized spacial score (nSPS) is 19.1. The number of rotatable bonds is 4. The van der Waals surface area contributed by atoms with Crippen molar-refractivity contribution in [3.05, 3.63) is 71.5 Å². The highest BCUT2D eigenvalue weighted by molar-refractivity contribution is 5.77. The van der Waals surface area contributed by atoms with E-state index in [0.717, 1.165) is 5.56 Å². The Bertz CT molecular complexity index is 689. The summed E-state index contributed by atoms with van der Waals surface area (Å²) >= 11 is 0. The van der Waals surface area contributed by atoms with Crippen LogP contribution in [0.4, 0.5) is 4.39 Å². The molecule has 126 valence electrons. The van der Waals surface area contributed by atoms with Gasteiger partial charge in [0.2, 0.25) is 5.91 Å². The first-order chi connectivity index (χ1) is 11.6. The Labute approximate surface area is 142 Å². The van der Waals surface area contributed by atoms with E-state index in [4.69, 9.17) is 4.74 Å². The molecule has 3 nitrogen and oxygen atoms in total. The van der Waals surface area contributed by atoms with E-state index in [1.165, 1.54) is 6.07 Å². The van der Waals surface area contributed by atoms with E-state index in [9.17, 15) is 9.18 Å². The van der Waals surface area contributed by atoms with Gasteiger partial charge in [0.15, 0.2) is 0 Å². The van der Waals surface area contributed by atoms with E-state index in [0.29, 0.717) is 31.7 Å². The average molecular weight is 327 g/mol. The van der Waals surface area contributed by atoms with Crippen molar-refractivity contribution in [2.45, 2.75) is 25.4 Å². The van der Waals surface area contributed by atoms with E-state index >= 15 is 0 Å². The van der Waals surface area contributed by atoms with Gasteiger partial charge in [0.1, 0.15) is 11.9 Å². The summed E-state index contributed by atoms with van der Waals surface area (Å²) in [5.41, 5.74) is 1.68. The highest BCUT2D eigenvalue weighted by Crippen LogP contribution is 2.26. The fraction of sp³-hybridized carbons (Fsp3) is 0.350. The summed E-state index contributed by atoms with van der Waals surface area (Å²) < 4.78 is 19.6. The molecule has 1 heterocycles. The van der Waals surface area contributed by atoms with Crippen LogP contribution in [-0.2, 0) is 9.53 Å². The minimum Gasteiger partial charge on any atom is -0.370 e. The van der Waals surface area contributed by atoms with Gasteiger partial charge in [-0.2, -0.15) is 0 Å². The lowest BCUT2D eigenvalue weighted by molar-refractivity contribution is -0.139. The largest absolute Gasteiger partial charge is 0.370 e. The number of ether oxygens (including phenoxy) is 1. The fourth-order valence-electron chi connectivity index (χ4n) is 3.09. The van der Waals surface area contributed by atoms with Gasteiger partial charge in [-0.3, -0.25) is 4.79 Å². The summed E-state index contributed by atoms with van der Waals surface area (Å²) in [5.74, 6) is -0.0288. The molecule has 0 radical (unpaired) electrons. The van der Waals surface area contributed by atoms with Crippen LogP contribution in [0.1, 0.15) is 36.5 Å². The third kappa shape index (κ3) is 3.82. The molecule has 1 aliphatic heterocycles. The van der Waals surface area contributed by atoms with E-state index in [2.05, 4.69) is 6.92 Å². The summed E-state index contributed by atoms with van der Waals surface area (Å²) in [6.45, 7) is 3.46. The summed E-state index contributed by atoms with van der Waals surface area (Å²) in [7, 11) is 0. The van der Waals surface area contributed by atoms with Gasteiger partial charge in [-0.25, -0.2) is 4.39 Å². The van der Waals surface area contributed by atoms with Crippen LogP contribution in [0.25, 0.3) is 0 Å². The predicted octanol–water partition coefficient (Wildman–Crippen LogP) is 3.92. The number of benzene rings is 2. The summed E-state index contributed by atoms with van der Waals surface area (Å²) in [4.78, 5) is 14.4. The molecule has 3 rings (SSSR count). The smallest absolute Gasteiger partial charge is 0.223 e. The lowest BCUT2D eigenvalue weighted by atomic mass is 9.97. The second-order valence-corrected chi connectivity index (χ2v) is 6.24. The Morgan fingerprint density at radius 3 is 2.67 bits per heavy atom. The minimum atomic E-state index is -0.393. The second kappa shape index (κ2) is 7.58. The molecule has 0 saturated carbocycles. The molecular formula is C20H22FNO2. The molecule has 0 aliphatic carbocycles. The van der Waals surface area contributed by atoms with Gasteiger partial charge in [-0.15, -0.1) is 0 Å². The van der Waals surface area contributed by atoms with Crippen LogP contribution in [-0.4, -0.2) is 30.5 Å². The molecule has 4 heteroatoms. The number of nitrogens with zero attached hydrogens (tertiary/aromatic N) is 1. The number of hydrogen-bond acceptors (Lipinski definition) is 2. The topological polar surface area (TPSA) is 29.5 Å². The lowest BCUT2D eigenvalue weighted by Gasteiger charge is -2.34. The van der Waals surface area contributed by atoms with Crippen molar-refractivity contribution in [3.63, 3.8) is 0 Å². The molecule has 2 aromatic carbocycles. The van der Waals surface area contributed by atoms with Crippen LogP contribution in [0.2, 0.25) is 0 Å².